The van der Waals surface area contributed by atoms with Gasteiger partial charge in [-0.25, -0.2) is 0 Å². The molecule has 1 saturated heterocycles. The van der Waals surface area contributed by atoms with E-state index in [-0.39, 0.29) is 26.9 Å². The molecule has 1 amide bonds. The number of anilines is 1. The zero-order valence-corrected chi connectivity index (χ0v) is 12.8. The van der Waals surface area contributed by atoms with Gasteiger partial charge >= 0.3 is 121 Å². The monoisotopic (exact) mass is 342 g/mol. The third-order valence-corrected chi connectivity index (χ3v) is 5.26. The maximum absolute atomic E-state index is 12.1. The van der Waals surface area contributed by atoms with E-state index >= 15 is 0 Å². The van der Waals surface area contributed by atoms with E-state index in [1.165, 1.54) is 0 Å². The van der Waals surface area contributed by atoms with Crippen molar-refractivity contribution in [1.29, 1.82) is 0 Å². The third kappa shape index (κ3) is 3.17. The SMILES string of the molecule is O=C(CC1CSCCN1)Nc1cccc2n[se]nc12. The molecule has 1 atom stereocenters. The number of thioether (sulfide) groups is 1. The molecule has 100 valence electrons. The molecule has 0 bridgehead atoms. The second-order valence-corrected chi connectivity index (χ2v) is 6.67. The van der Waals surface area contributed by atoms with Crippen molar-refractivity contribution >= 4 is 49.4 Å². The Balaban J connectivity index is 1.67. The van der Waals surface area contributed by atoms with Gasteiger partial charge in [0.2, 0.25) is 0 Å². The quantitative estimate of drug-likeness (QED) is 0.806. The van der Waals surface area contributed by atoms with Crippen LogP contribution in [0.2, 0.25) is 0 Å². The molecule has 0 saturated carbocycles. The summed E-state index contributed by atoms with van der Waals surface area (Å²) in [6.07, 6.45) is 0.513. The number of benzene rings is 1. The summed E-state index contributed by atoms with van der Waals surface area (Å²) in [7, 11) is 0. The molecule has 1 aromatic carbocycles. The minimum absolute atomic E-state index is 0.0444. The molecule has 0 aliphatic carbocycles. The summed E-state index contributed by atoms with van der Waals surface area (Å²) in [6.45, 7) is 0.986. The zero-order chi connectivity index (χ0) is 13.1. The Labute approximate surface area is 121 Å². The topological polar surface area (TPSA) is 66.9 Å². The molecule has 3 rings (SSSR count). The van der Waals surface area contributed by atoms with E-state index in [1.54, 1.807) is 0 Å². The zero-order valence-electron chi connectivity index (χ0n) is 10.3. The molecule has 7 heteroatoms. The van der Waals surface area contributed by atoms with Crippen molar-refractivity contribution in [3.05, 3.63) is 18.2 Å². The van der Waals surface area contributed by atoms with E-state index in [0.717, 1.165) is 34.8 Å². The van der Waals surface area contributed by atoms with E-state index in [4.69, 9.17) is 0 Å². The second kappa shape index (κ2) is 6.05. The van der Waals surface area contributed by atoms with E-state index < -0.39 is 0 Å². The third-order valence-electron chi connectivity index (χ3n) is 2.99. The van der Waals surface area contributed by atoms with Crippen LogP contribution in [0.4, 0.5) is 5.69 Å². The van der Waals surface area contributed by atoms with Crippen LogP contribution in [0, 0.1) is 0 Å². The van der Waals surface area contributed by atoms with Crippen molar-refractivity contribution in [2.45, 2.75) is 12.5 Å². The summed E-state index contributed by atoms with van der Waals surface area (Å²) >= 11 is 1.83. The fourth-order valence-corrected chi connectivity index (χ4v) is 4.19. The van der Waals surface area contributed by atoms with Gasteiger partial charge in [0.05, 0.1) is 0 Å². The number of hydrogen-bond donors (Lipinski definition) is 2. The normalized spacial score (nSPS) is 19.5. The molecular weight excluding hydrogens is 327 g/mol. The predicted octanol–water partition coefficient (Wildman–Crippen LogP) is 0.720. The van der Waals surface area contributed by atoms with Crippen LogP contribution in [-0.4, -0.2) is 52.9 Å². The van der Waals surface area contributed by atoms with Gasteiger partial charge in [-0.05, 0) is 0 Å². The summed E-state index contributed by atoms with van der Waals surface area (Å²) < 4.78 is 8.67. The molecular formula is C12H14N4OSSe. The Morgan fingerprint density at radius 3 is 3.32 bits per heavy atom. The van der Waals surface area contributed by atoms with Crippen molar-refractivity contribution in [1.82, 2.24) is 13.3 Å². The number of carbonyl (C=O) groups excluding carboxylic acids is 1. The minimum atomic E-state index is -0.0648. The van der Waals surface area contributed by atoms with E-state index in [9.17, 15) is 4.79 Å². The molecule has 19 heavy (non-hydrogen) atoms. The van der Waals surface area contributed by atoms with Crippen LogP contribution in [0.25, 0.3) is 11.0 Å². The van der Waals surface area contributed by atoms with Gasteiger partial charge in [-0.2, -0.15) is 0 Å². The number of amides is 1. The average Bonchev–Trinajstić information content (AvgIpc) is 2.89. The van der Waals surface area contributed by atoms with Crippen LogP contribution in [0.5, 0.6) is 0 Å². The van der Waals surface area contributed by atoms with E-state index in [2.05, 4.69) is 18.6 Å². The van der Waals surface area contributed by atoms with Gasteiger partial charge in [0, 0.05) is 0 Å². The van der Waals surface area contributed by atoms with Crippen molar-refractivity contribution in [3.8, 4) is 0 Å². The maximum atomic E-state index is 12.1. The average molecular weight is 341 g/mol. The van der Waals surface area contributed by atoms with Crippen LogP contribution in [-0.2, 0) is 4.79 Å². The molecule has 2 heterocycles. The van der Waals surface area contributed by atoms with Crippen molar-refractivity contribution in [2.24, 2.45) is 0 Å². The standard InChI is InChI=1S/C12H14N4OSSe/c17-11(6-8-7-18-5-4-13-8)14-9-2-1-3-10-12(9)16-19-15-10/h1-3,8,13H,4-7H2,(H,14,17). The van der Waals surface area contributed by atoms with Crippen molar-refractivity contribution in [2.75, 3.05) is 23.4 Å². The van der Waals surface area contributed by atoms with Gasteiger partial charge in [-0.3, -0.25) is 0 Å². The van der Waals surface area contributed by atoms with E-state index in [1.807, 2.05) is 30.0 Å². The summed E-state index contributed by atoms with van der Waals surface area (Å²) in [4.78, 5) is 12.1. The van der Waals surface area contributed by atoms with Crippen molar-refractivity contribution in [3.63, 3.8) is 0 Å². The molecule has 0 radical (unpaired) electrons. The van der Waals surface area contributed by atoms with Gasteiger partial charge in [0.1, 0.15) is 0 Å². The van der Waals surface area contributed by atoms with Gasteiger partial charge in [-0.15, -0.1) is 0 Å². The van der Waals surface area contributed by atoms with Crippen LogP contribution >= 0.6 is 11.8 Å². The number of aromatic nitrogens is 2. The molecule has 1 aromatic heterocycles. The molecule has 0 spiro atoms. The molecule has 1 fully saturated rings. The Hall–Kier alpha value is -0.881. The van der Waals surface area contributed by atoms with Crippen LogP contribution in [0.1, 0.15) is 6.42 Å². The Bertz CT molecular complexity index is 582. The van der Waals surface area contributed by atoms with E-state index in [0.29, 0.717) is 6.42 Å². The first-order valence-electron chi connectivity index (χ1n) is 6.15. The number of rotatable bonds is 3. The predicted molar refractivity (Wildman–Crippen MR) is 78.8 cm³/mol. The molecule has 1 aliphatic rings. The first kappa shape index (κ1) is 13.1. The number of carbonyl (C=O) groups is 1. The summed E-state index contributed by atoms with van der Waals surface area (Å²) in [5.74, 6) is 2.18. The van der Waals surface area contributed by atoms with Gasteiger partial charge in [-0.1, -0.05) is 0 Å². The number of nitrogens with zero attached hydrogens (tertiary/aromatic N) is 2. The Morgan fingerprint density at radius 2 is 2.47 bits per heavy atom. The van der Waals surface area contributed by atoms with Crippen LogP contribution in [0.3, 0.4) is 0 Å². The summed E-state index contributed by atoms with van der Waals surface area (Å²) in [5.41, 5.74) is 2.51. The van der Waals surface area contributed by atoms with Crippen molar-refractivity contribution < 1.29 is 4.79 Å². The number of nitrogens with one attached hydrogen (secondary N) is 2. The first-order valence-corrected chi connectivity index (χ1v) is 8.84. The number of fused-ring (bicyclic) bond motifs is 1. The van der Waals surface area contributed by atoms with Crippen LogP contribution < -0.4 is 10.6 Å². The molecule has 2 aromatic rings. The van der Waals surface area contributed by atoms with Gasteiger partial charge < -0.3 is 0 Å². The van der Waals surface area contributed by atoms with Gasteiger partial charge in [0.25, 0.3) is 0 Å². The van der Waals surface area contributed by atoms with Crippen LogP contribution in [0.15, 0.2) is 18.2 Å². The first-order chi connectivity index (χ1) is 9.33. The summed E-state index contributed by atoms with van der Waals surface area (Å²) in [6, 6.07) is 6.01. The second-order valence-electron chi connectivity index (χ2n) is 4.42. The summed E-state index contributed by atoms with van der Waals surface area (Å²) in [5, 5.41) is 6.33. The Morgan fingerprint density at radius 1 is 1.53 bits per heavy atom. The fourth-order valence-electron chi connectivity index (χ4n) is 2.08. The fraction of sp³-hybridized carbons (Fsp3) is 0.417. The number of hydrogen-bond acceptors (Lipinski definition) is 5. The van der Waals surface area contributed by atoms with Gasteiger partial charge in [0.15, 0.2) is 0 Å². The Kier molecular flexibility index (Phi) is 4.18. The molecule has 2 N–H and O–H groups in total. The molecule has 5 nitrogen and oxygen atoms in total. The molecule has 1 unspecified atom stereocenters. The molecule has 1 aliphatic heterocycles.